The van der Waals surface area contributed by atoms with Crippen LogP contribution in [0, 0.1) is 0 Å². The van der Waals surface area contributed by atoms with Crippen molar-refractivity contribution in [1.82, 2.24) is 4.72 Å². The Morgan fingerprint density at radius 3 is 2.33 bits per heavy atom. The first-order valence-corrected chi connectivity index (χ1v) is 8.88. The highest BCUT2D eigenvalue weighted by molar-refractivity contribution is 7.84. The van der Waals surface area contributed by atoms with Crippen molar-refractivity contribution in [1.29, 1.82) is 0 Å². The average Bonchev–Trinajstić information content (AvgIpc) is 2.74. The molecule has 0 radical (unpaired) electrons. The maximum atomic E-state index is 12.1. The summed E-state index contributed by atoms with van der Waals surface area (Å²) in [5, 5.41) is 0. The van der Waals surface area contributed by atoms with Gasteiger partial charge in [-0.3, -0.25) is 0 Å². The van der Waals surface area contributed by atoms with Crippen LogP contribution in [0.4, 0.5) is 0 Å². The Balaban J connectivity index is 0.00000441. The van der Waals surface area contributed by atoms with Crippen LogP contribution in [0.2, 0.25) is 0 Å². The molecule has 4 nitrogen and oxygen atoms in total. The molecule has 1 heterocycles. The Hall–Kier alpha value is -0.720. The maximum Gasteiger partial charge on any atom is 0.348 e. The minimum absolute atomic E-state index is 0. The van der Waals surface area contributed by atoms with Crippen molar-refractivity contribution in [3.8, 4) is 0 Å². The fourth-order valence-corrected chi connectivity index (χ4v) is 3.18. The van der Waals surface area contributed by atoms with E-state index in [0.717, 1.165) is 4.88 Å². The van der Waals surface area contributed by atoms with Gasteiger partial charge in [0.2, 0.25) is 0 Å². The number of hydrogen-bond acceptors (Lipinski definition) is 4. The van der Waals surface area contributed by atoms with Gasteiger partial charge in [-0.2, -0.15) is 0 Å². The quantitative estimate of drug-likeness (QED) is 0.845. The largest absolute Gasteiger partial charge is 0.456 e. The Morgan fingerprint density at radius 1 is 1.29 bits per heavy atom. The number of carbonyl (C=O) groups is 1. The maximum absolute atomic E-state index is 12.1. The van der Waals surface area contributed by atoms with Crippen molar-refractivity contribution >= 4 is 28.3 Å². The summed E-state index contributed by atoms with van der Waals surface area (Å²) < 4.78 is 20.2. The van der Waals surface area contributed by atoms with Crippen LogP contribution in [0.5, 0.6) is 0 Å². The van der Waals surface area contributed by atoms with Gasteiger partial charge in [0, 0.05) is 6.30 Å². The summed E-state index contributed by atoms with van der Waals surface area (Å²) in [5.41, 5.74) is -0.501. The van der Waals surface area contributed by atoms with E-state index >= 15 is 0 Å². The molecule has 0 aliphatic rings. The summed E-state index contributed by atoms with van der Waals surface area (Å²) >= 11 is 1.37. The van der Waals surface area contributed by atoms with E-state index in [9.17, 15) is 9.00 Å². The Labute approximate surface area is 135 Å². The van der Waals surface area contributed by atoms with Crippen molar-refractivity contribution in [3.63, 3.8) is 0 Å². The third-order valence-electron chi connectivity index (χ3n) is 2.49. The van der Waals surface area contributed by atoms with Gasteiger partial charge in [-0.25, -0.2) is 13.7 Å². The van der Waals surface area contributed by atoms with Crippen molar-refractivity contribution < 1.29 is 15.2 Å². The molecule has 0 amide bonds. The van der Waals surface area contributed by atoms with Crippen LogP contribution in [0.1, 0.15) is 70.5 Å². The van der Waals surface area contributed by atoms with E-state index in [0.29, 0.717) is 4.88 Å². The predicted molar refractivity (Wildman–Crippen MR) is 91.0 cm³/mol. The van der Waals surface area contributed by atoms with Crippen LogP contribution in [0.25, 0.3) is 0 Å². The lowest BCUT2D eigenvalue weighted by Gasteiger charge is -2.21. The number of nitrogens with one attached hydrogen (secondary N) is 1. The van der Waals surface area contributed by atoms with Gasteiger partial charge >= 0.3 is 5.97 Å². The first-order chi connectivity index (χ1) is 9.40. The third kappa shape index (κ3) is 5.88. The predicted octanol–water partition coefficient (Wildman–Crippen LogP) is 4.06. The Kier molecular flexibility index (Phi) is 5.75. The fourth-order valence-electron chi connectivity index (χ4n) is 1.42. The zero-order valence-corrected chi connectivity index (χ0v) is 15.4. The van der Waals surface area contributed by atoms with Gasteiger partial charge in [0.15, 0.2) is 0 Å². The molecule has 0 aromatic carbocycles. The van der Waals surface area contributed by atoms with Crippen LogP contribution in [-0.2, 0) is 15.7 Å². The molecule has 1 N–H and O–H groups in total. The monoisotopic (exact) mass is 333 g/mol. The number of rotatable bonds is 4. The molecule has 21 heavy (non-hydrogen) atoms. The minimum atomic E-state index is -1.14. The molecule has 0 aliphatic heterocycles. The number of esters is 1. The Bertz CT molecular complexity index is 530. The summed E-state index contributed by atoms with van der Waals surface area (Å²) in [4.78, 5) is 13.5. The standard InChI is InChI=1S/C15H25NO3S2.H2/c1-10(16-21(18)15(5,6)7)11-8-9-12(20-11)13(17)19-14(2,3)4;/h8-10,16H,1-7H3;1H/t10-,21-;/m0./s1. The normalized spacial score (nSPS) is 15.6. The molecule has 0 fully saturated rings. The number of ether oxygens (including phenoxy) is 1. The fraction of sp³-hybridized carbons (Fsp3) is 0.667. The van der Waals surface area contributed by atoms with E-state index in [-0.39, 0.29) is 18.2 Å². The molecule has 1 rings (SSSR count). The first-order valence-electron chi connectivity index (χ1n) is 6.91. The lowest BCUT2D eigenvalue weighted by molar-refractivity contribution is 0.00752. The molecule has 0 saturated carbocycles. The molecule has 0 saturated heterocycles. The number of thiophene rings is 1. The first kappa shape index (κ1) is 18.3. The molecular weight excluding hydrogens is 306 g/mol. The lowest BCUT2D eigenvalue weighted by atomic mass is 10.2. The summed E-state index contributed by atoms with van der Waals surface area (Å²) in [6.07, 6.45) is 0. The highest BCUT2D eigenvalue weighted by Gasteiger charge is 2.24. The summed E-state index contributed by atoms with van der Waals surface area (Å²) in [6.45, 7) is 13.2. The minimum Gasteiger partial charge on any atom is -0.456 e. The zero-order chi connectivity index (χ0) is 16.4. The van der Waals surface area contributed by atoms with Crippen LogP contribution < -0.4 is 4.72 Å². The molecule has 6 heteroatoms. The number of hydrogen-bond donors (Lipinski definition) is 1. The average molecular weight is 334 g/mol. The van der Waals surface area contributed by atoms with Gasteiger partial charge in [-0.05, 0) is 60.6 Å². The molecule has 0 spiro atoms. The molecule has 122 valence electrons. The van der Waals surface area contributed by atoms with Crippen LogP contribution in [0.15, 0.2) is 12.1 Å². The molecule has 1 aromatic rings. The van der Waals surface area contributed by atoms with Crippen LogP contribution in [0.3, 0.4) is 0 Å². The van der Waals surface area contributed by atoms with Crippen molar-refractivity contribution in [3.05, 3.63) is 21.9 Å². The Morgan fingerprint density at radius 2 is 1.86 bits per heavy atom. The molecule has 1 aromatic heterocycles. The van der Waals surface area contributed by atoms with Crippen molar-refractivity contribution in [2.45, 2.75) is 64.9 Å². The highest BCUT2D eigenvalue weighted by atomic mass is 32.2. The van der Waals surface area contributed by atoms with Gasteiger partial charge in [0.25, 0.3) is 0 Å². The van der Waals surface area contributed by atoms with E-state index in [1.54, 1.807) is 6.07 Å². The van der Waals surface area contributed by atoms with E-state index in [1.807, 2.05) is 54.5 Å². The summed E-state index contributed by atoms with van der Waals surface area (Å²) in [6, 6.07) is 3.56. The van der Waals surface area contributed by atoms with E-state index in [1.165, 1.54) is 11.3 Å². The van der Waals surface area contributed by atoms with Gasteiger partial charge in [-0.15, -0.1) is 11.3 Å². The molecule has 0 bridgehead atoms. The summed E-state index contributed by atoms with van der Waals surface area (Å²) in [7, 11) is -1.14. The molecule has 0 aliphatic carbocycles. The molecular formula is C15H27NO3S2. The summed E-state index contributed by atoms with van der Waals surface area (Å²) in [5.74, 6) is -0.317. The van der Waals surface area contributed by atoms with Gasteiger partial charge in [0.05, 0.1) is 21.8 Å². The second-order valence-corrected chi connectivity index (χ2v) is 10.0. The van der Waals surface area contributed by atoms with E-state index < -0.39 is 16.6 Å². The van der Waals surface area contributed by atoms with Crippen molar-refractivity contribution in [2.75, 3.05) is 0 Å². The second-order valence-electron chi connectivity index (χ2n) is 6.92. The SMILES string of the molecule is C[C@H](N[S@@](=O)C(C)(C)C)c1ccc(C(=O)OC(C)(C)C)s1.[HH]. The second kappa shape index (κ2) is 6.58. The lowest BCUT2D eigenvalue weighted by Crippen LogP contribution is -2.34. The van der Waals surface area contributed by atoms with Crippen molar-refractivity contribution in [2.24, 2.45) is 0 Å². The topological polar surface area (TPSA) is 55.4 Å². The van der Waals surface area contributed by atoms with Crippen LogP contribution in [-0.4, -0.2) is 20.5 Å². The van der Waals surface area contributed by atoms with E-state index in [2.05, 4.69) is 4.72 Å². The molecule has 2 atom stereocenters. The van der Waals surface area contributed by atoms with Gasteiger partial charge in [0.1, 0.15) is 10.5 Å². The van der Waals surface area contributed by atoms with Crippen LogP contribution >= 0.6 is 11.3 Å². The number of carbonyl (C=O) groups excluding carboxylic acids is 1. The zero-order valence-electron chi connectivity index (χ0n) is 13.8. The molecule has 0 unspecified atom stereocenters. The smallest absolute Gasteiger partial charge is 0.348 e. The van der Waals surface area contributed by atoms with Gasteiger partial charge < -0.3 is 4.74 Å². The van der Waals surface area contributed by atoms with E-state index in [4.69, 9.17) is 4.74 Å². The third-order valence-corrected chi connectivity index (χ3v) is 5.42. The van der Waals surface area contributed by atoms with Gasteiger partial charge in [-0.1, -0.05) is 0 Å². The highest BCUT2D eigenvalue weighted by Crippen LogP contribution is 2.26.